The van der Waals surface area contributed by atoms with E-state index in [0.29, 0.717) is 38.0 Å². The summed E-state index contributed by atoms with van der Waals surface area (Å²) in [5.74, 6) is 0. The minimum Gasteiger partial charge on any atom is -0.298 e. The number of unbranched alkanes of at least 4 members (excludes halogenated alkanes) is 6. The second-order valence-corrected chi connectivity index (χ2v) is 12.1. The van der Waals surface area contributed by atoms with Gasteiger partial charge in [0.25, 0.3) is 5.56 Å². The van der Waals surface area contributed by atoms with Crippen LogP contribution >= 0.6 is 15.6 Å². The molecule has 1 aromatic rings. The molecule has 1 rings (SSSR count). The van der Waals surface area contributed by atoms with Gasteiger partial charge in [0, 0.05) is 24.8 Å². The molecule has 0 aliphatic heterocycles. The Bertz CT molecular complexity index is 1010. The van der Waals surface area contributed by atoms with E-state index in [1.165, 1.54) is 10.6 Å². The van der Waals surface area contributed by atoms with Gasteiger partial charge in [0.1, 0.15) is 0 Å². The van der Waals surface area contributed by atoms with Gasteiger partial charge >= 0.3 is 21.3 Å². The van der Waals surface area contributed by atoms with Crippen molar-refractivity contribution in [1.82, 2.24) is 9.13 Å². The van der Waals surface area contributed by atoms with E-state index in [4.69, 9.17) is 27.1 Å². The highest BCUT2D eigenvalue weighted by Gasteiger charge is 2.25. The molecule has 0 spiro atoms. The van der Waals surface area contributed by atoms with Crippen molar-refractivity contribution >= 4 is 15.6 Å². The predicted octanol–water partition coefficient (Wildman–Crippen LogP) is 5.83. The highest BCUT2D eigenvalue weighted by Crippen LogP contribution is 2.50. The van der Waals surface area contributed by atoms with Gasteiger partial charge in [-0.2, -0.15) is 0 Å². The quantitative estimate of drug-likeness (QED) is 0.106. The lowest BCUT2D eigenvalue weighted by molar-refractivity contribution is 0.119. The van der Waals surface area contributed by atoms with Crippen LogP contribution in [0.5, 0.6) is 0 Å². The molecule has 39 heavy (non-hydrogen) atoms. The van der Waals surface area contributed by atoms with Gasteiger partial charge in [-0.25, -0.2) is 13.9 Å². The highest BCUT2D eigenvalue weighted by atomic mass is 31.2. The summed E-state index contributed by atoms with van der Waals surface area (Å²) in [7, 11) is -6.97. The van der Waals surface area contributed by atoms with Crippen LogP contribution in [0.2, 0.25) is 0 Å². The largest absolute Gasteiger partial charge is 0.474 e. The summed E-state index contributed by atoms with van der Waals surface area (Å²) in [6.45, 7) is 11.0. The van der Waals surface area contributed by atoms with Crippen molar-refractivity contribution in [1.29, 1.82) is 0 Å². The van der Waals surface area contributed by atoms with Crippen LogP contribution in [-0.4, -0.2) is 48.8 Å². The van der Waals surface area contributed by atoms with Crippen LogP contribution in [0.15, 0.2) is 15.7 Å². The zero-order chi connectivity index (χ0) is 29.2. The molecular formula is C25H48N2O10P2. The monoisotopic (exact) mass is 598 g/mol. The second kappa shape index (κ2) is 19.9. The molecule has 0 atom stereocenters. The summed E-state index contributed by atoms with van der Waals surface area (Å²) < 4.78 is 58.5. The lowest BCUT2D eigenvalue weighted by Gasteiger charge is -2.16. The van der Waals surface area contributed by atoms with Crippen molar-refractivity contribution in [3.8, 4) is 0 Å². The molecule has 0 N–H and O–H groups in total. The number of hydrogen-bond donors (Lipinski definition) is 0. The molecule has 0 aliphatic rings. The van der Waals surface area contributed by atoms with E-state index in [2.05, 4.69) is 0 Å². The van der Waals surface area contributed by atoms with Crippen molar-refractivity contribution in [3.05, 3.63) is 32.6 Å². The third-order valence-electron chi connectivity index (χ3n) is 5.69. The molecular weight excluding hydrogens is 550 g/mol. The van der Waals surface area contributed by atoms with Gasteiger partial charge in [0.05, 0.1) is 39.6 Å². The Labute approximate surface area is 232 Å². The van der Waals surface area contributed by atoms with E-state index in [9.17, 15) is 18.7 Å². The van der Waals surface area contributed by atoms with Gasteiger partial charge in [-0.1, -0.05) is 25.7 Å². The third-order valence-corrected chi connectivity index (χ3v) is 8.98. The van der Waals surface area contributed by atoms with E-state index < -0.39 is 15.6 Å². The Hall–Kier alpha value is -1.10. The molecule has 14 heteroatoms. The Morgan fingerprint density at radius 2 is 0.974 bits per heavy atom. The van der Waals surface area contributed by atoms with Crippen LogP contribution in [0.25, 0.3) is 0 Å². The molecule has 0 bridgehead atoms. The average Bonchev–Trinajstić information content (AvgIpc) is 2.86. The topological polar surface area (TPSA) is 134 Å². The second-order valence-electron chi connectivity index (χ2n) is 8.77. The molecule has 0 saturated heterocycles. The first-order valence-electron chi connectivity index (χ1n) is 14.0. The van der Waals surface area contributed by atoms with Crippen molar-refractivity contribution in [2.45, 2.75) is 99.1 Å². The molecule has 228 valence electrons. The zero-order valence-electron chi connectivity index (χ0n) is 24.3. The molecule has 12 nitrogen and oxygen atoms in total. The number of aromatic nitrogens is 2. The lowest BCUT2D eigenvalue weighted by atomic mass is 10.2. The number of aryl methyl sites for hydroxylation is 1. The molecule has 0 saturated carbocycles. The summed E-state index contributed by atoms with van der Waals surface area (Å²) in [5, 5.41) is 0. The van der Waals surface area contributed by atoms with Gasteiger partial charge in [0.2, 0.25) is 0 Å². The van der Waals surface area contributed by atoms with Crippen LogP contribution in [0.4, 0.5) is 0 Å². The molecule has 1 heterocycles. The SMILES string of the molecule is CCOP(=O)(OCC)OCCCCCCn1c(C)cc(=O)n(CCCCCCOP(=O)(OCC)OCC)c1=O. The summed E-state index contributed by atoms with van der Waals surface area (Å²) >= 11 is 0. The average molecular weight is 599 g/mol. The number of nitrogens with zero attached hydrogens (tertiary/aromatic N) is 2. The number of hydrogen-bond acceptors (Lipinski definition) is 10. The van der Waals surface area contributed by atoms with Gasteiger partial charge in [-0.3, -0.25) is 41.1 Å². The summed E-state index contributed by atoms with van der Waals surface area (Å²) in [5.41, 5.74) is 0.0520. The van der Waals surface area contributed by atoms with E-state index in [0.717, 1.165) is 32.1 Å². The van der Waals surface area contributed by atoms with Gasteiger partial charge in [-0.15, -0.1) is 0 Å². The van der Waals surface area contributed by atoms with Crippen molar-refractivity contribution in [2.75, 3.05) is 39.6 Å². The summed E-state index contributed by atoms with van der Waals surface area (Å²) in [6.07, 6.45) is 6.05. The van der Waals surface area contributed by atoms with Crippen LogP contribution in [0, 0.1) is 6.92 Å². The molecule has 0 unspecified atom stereocenters. The first-order valence-corrected chi connectivity index (χ1v) is 17.0. The van der Waals surface area contributed by atoms with Crippen molar-refractivity contribution in [3.63, 3.8) is 0 Å². The van der Waals surface area contributed by atoms with Crippen LogP contribution in [0.1, 0.15) is 84.8 Å². The normalized spacial score (nSPS) is 12.3. The predicted molar refractivity (Wildman–Crippen MR) is 150 cm³/mol. The number of phosphoric acid groups is 2. The smallest absolute Gasteiger partial charge is 0.298 e. The molecule has 0 amide bonds. The van der Waals surface area contributed by atoms with Crippen molar-refractivity contribution < 1.29 is 36.3 Å². The Balaban J connectivity index is 2.43. The third kappa shape index (κ3) is 13.9. The molecule has 0 aromatic carbocycles. The van der Waals surface area contributed by atoms with Crippen LogP contribution in [0.3, 0.4) is 0 Å². The van der Waals surface area contributed by atoms with E-state index >= 15 is 0 Å². The Morgan fingerprint density at radius 1 is 0.590 bits per heavy atom. The number of phosphoric ester groups is 2. The first-order chi connectivity index (χ1) is 18.6. The van der Waals surface area contributed by atoms with Crippen LogP contribution in [-0.2, 0) is 49.4 Å². The number of rotatable bonds is 24. The minimum absolute atomic E-state index is 0.239. The molecule has 1 aromatic heterocycles. The fourth-order valence-corrected chi connectivity index (χ4v) is 6.28. The lowest BCUT2D eigenvalue weighted by Crippen LogP contribution is -2.40. The minimum atomic E-state index is -3.49. The van der Waals surface area contributed by atoms with Crippen LogP contribution < -0.4 is 11.2 Å². The Kier molecular flexibility index (Phi) is 18.3. The standard InChI is InChI=1S/C25H48N2O10P2/c1-6-32-38(30,33-7-2)36-20-16-12-10-14-18-26-23(5)22-24(28)27(25(26)29)19-15-11-13-17-21-37-39(31,34-8-3)35-9-4/h22H,6-21H2,1-5H3. The summed E-state index contributed by atoms with van der Waals surface area (Å²) in [4.78, 5) is 25.4. The fourth-order valence-electron chi connectivity index (χ4n) is 3.86. The highest BCUT2D eigenvalue weighted by molar-refractivity contribution is 7.48. The maximum absolute atomic E-state index is 13.0. The van der Waals surface area contributed by atoms with E-state index in [1.807, 2.05) is 0 Å². The van der Waals surface area contributed by atoms with Crippen molar-refractivity contribution in [2.24, 2.45) is 0 Å². The fraction of sp³-hybridized carbons (Fsp3) is 0.840. The van der Waals surface area contributed by atoms with Gasteiger partial charge in [-0.05, 0) is 60.3 Å². The molecule has 0 radical (unpaired) electrons. The molecule has 0 aliphatic carbocycles. The van der Waals surface area contributed by atoms with Gasteiger partial charge < -0.3 is 0 Å². The van der Waals surface area contributed by atoms with E-state index in [1.54, 1.807) is 39.2 Å². The maximum atomic E-state index is 13.0. The Morgan fingerprint density at radius 3 is 1.38 bits per heavy atom. The summed E-state index contributed by atoms with van der Waals surface area (Å²) in [6, 6.07) is 1.50. The molecule has 0 fully saturated rings. The van der Waals surface area contributed by atoms with E-state index in [-0.39, 0.29) is 50.9 Å². The first kappa shape index (κ1) is 35.9. The van der Waals surface area contributed by atoms with Gasteiger partial charge in [0.15, 0.2) is 0 Å². The zero-order valence-corrected chi connectivity index (χ0v) is 26.1. The maximum Gasteiger partial charge on any atom is 0.474 e.